The van der Waals surface area contributed by atoms with Crippen molar-refractivity contribution in [1.29, 1.82) is 0 Å². The Morgan fingerprint density at radius 3 is 2.62 bits per heavy atom. The van der Waals surface area contributed by atoms with Gasteiger partial charge in [0.05, 0.1) is 14.2 Å². The van der Waals surface area contributed by atoms with Gasteiger partial charge in [0, 0.05) is 30.4 Å². The van der Waals surface area contributed by atoms with Gasteiger partial charge in [0.15, 0.2) is 0 Å². The third-order valence-electron chi connectivity index (χ3n) is 4.54. The zero-order valence-electron chi connectivity index (χ0n) is 14.9. The summed E-state index contributed by atoms with van der Waals surface area (Å²) in [4.78, 5) is 26.8. The van der Waals surface area contributed by atoms with Gasteiger partial charge < -0.3 is 19.7 Å². The third kappa shape index (κ3) is 3.64. The smallest absolute Gasteiger partial charge is 0.239 e. The van der Waals surface area contributed by atoms with Crippen LogP contribution in [0.15, 0.2) is 48.5 Å². The molecule has 0 spiro atoms. The van der Waals surface area contributed by atoms with Crippen molar-refractivity contribution in [3.63, 3.8) is 0 Å². The molecule has 2 aromatic rings. The van der Waals surface area contributed by atoms with E-state index in [2.05, 4.69) is 5.32 Å². The van der Waals surface area contributed by atoms with Gasteiger partial charge >= 0.3 is 0 Å². The number of carbonyl (C=O) groups is 2. The lowest BCUT2D eigenvalue weighted by Gasteiger charge is -2.17. The topological polar surface area (TPSA) is 67.9 Å². The highest BCUT2D eigenvalue weighted by Gasteiger charge is 2.37. The summed E-state index contributed by atoms with van der Waals surface area (Å²) in [5, 5.41) is 2.85. The van der Waals surface area contributed by atoms with Crippen LogP contribution in [0.5, 0.6) is 11.5 Å². The molecule has 1 aliphatic heterocycles. The van der Waals surface area contributed by atoms with E-state index in [-0.39, 0.29) is 11.8 Å². The Balaban J connectivity index is 1.63. The molecule has 2 amide bonds. The molecule has 136 valence electrons. The largest absolute Gasteiger partial charge is 0.497 e. The first-order valence-corrected chi connectivity index (χ1v) is 8.49. The van der Waals surface area contributed by atoms with Crippen LogP contribution < -0.4 is 19.7 Å². The van der Waals surface area contributed by atoms with Crippen molar-refractivity contribution in [3.8, 4) is 11.5 Å². The maximum atomic E-state index is 12.6. The Bertz CT molecular complexity index is 792. The number of rotatable bonds is 6. The van der Waals surface area contributed by atoms with Crippen molar-refractivity contribution in [2.75, 3.05) is 25.7 Å². The molecule has 0 aliphatic carbocycles. The minimum absolute atomic E-state index is 0.157. The molecule has 0 unspecified atom stereocenters. The minimum atomic E-state index is -0.653. The van der Waals surface area contributed by atoms with Gasteiger partial charge in [-0.2, -0.15) is 0 Å². The fourth-order valence-electron chi connectivity index (χ4n) is 3.09. The molecule has 6 nitrogen and oxygen atoms in total. The number of hydrogen-bond donors (Lipinski definition) is 1. The van der Waals surface area contributed by atoms with Gasteiger partial charge in [-0.25, -0.2) is 0 Å². The highest BCUT2D eigenvalue weighted by atomic mass is 16.5. The molecule has 26 heavy (non-hydrogen) atoms. The van der Waals surface area contributed by atoms with Crippen molar-refractivity contribution in [1.82, 2.24) is 5.32 Å². The van der Waals surface area contributed by atoms with E-state index in [4.69, 9.17) is 9.47 Å². The van der Waals surface area contributed by atoms with Crippen LogP contribution in [0.3, 0.4) is 0 Å². The van der Waals surface area contributed by atoms with Crippen LogP contribution in [0.2, 0.25) is 0 Å². The standard InChI is InChI=1S/C20H22N2O4/c1-25-16-9-8-14(18(12-16)26-2)13-21-19(23)17-10-11-22(20(17)24)15-6-4-3-5-7-15/h3-9,12,17H,10-11,13H2,1-2H3,(H,21,23)/t17-/m1/s1. The zero-order chi connectivity index (χ0) is 18.5. The van der Waals surface area contributed by atoms with Crippen LogP contribution in [0.1, 0.15) is 12.0 Å². The average molecular weight is 354 g/mol. The second kappa shape index (κ2) is 7.91. The second-order valence-electron chi connectivity index (χ2n) is 6.06. The highest BCUT2D eigenvalue weighted by molar-refractivity contribution is 6.09. The number of ether oxygens (including phenoxy) is 2. The summed E-state index contributed by atoms with van der Waals surface area (Å²) in [6.07, 6.45) is 0.513. The molecule has 1 fully saturated rings. The van der Waals surface area contributed by atoms with E-state index in [1.54, 1.807) is 25.2 Å². The fraction of sp³-hybridized carbons (Fsp3) is 0.300. The molecule has 0 radical (unpaired) electrons. The number of amides is 2. The molecular formula is C20H22N2O4. The van der Waals surface area contributed by atoms with Gasteiger partial charge in [-0.3, -0.25) is 9.59 Å². The normalized spacial score (nSPS) is 16.5. The van der Waals surface area contributed by atoms with Crippen LogP contribution in [0.4, 0.5) is 5.69 Å². The molecule has 0 bridgehead atoms. The molecule has 1 saturated heterocycles. The summed E-state index contributed by atoms with van der Waals surface area (Å²) in [6.45, 7) is 0.841. The molecule has 1 heterocycles. The Morgan fingerprint density at radius 2 is 1.92 bits per heavy atom. The van der Waals surface area contributed by atoms with E-state index in [1.807, 2.05) is 42.5 Å². The minimum Gasteiger partial charge on any atom is -0.497 e. The van der Waals surface area contributed by atoms with Crippen molar-refractivity contribution in [3.05, 3.63) is 54.1 Å². The lowest BCUT2D eigenvalue weighted by atomic mass is 10.1. The first-order chi connectivity index (χ1) is 12.6. The van der Waals surface area contributed by atoms with E-state index < -0.39 is 5.92 Å². The molecule has 1 atom stereocenters. The van der Waals surface area contributed by atoms with E-state index in [1.165, 1.54) is 0 Å². The van der Waals surface area contributed by atoms with E-state index >= 15 is 0 Å². The predicted molar refractivity (Wildman–Crippen MR) is 98.3 cm³/mol. The van der Waals surface area contributed by atoms with Crippen LogP contribution in [-0.2, 0) is 16.1 Å². The molecule has 1 N–H and O–H groups in total. The van der Waals surface area contributed by atoms with Gasteiger partial charge in [0.25, 0.3) is 0 Å². The van der Waals surface area contributed by atoms with Gasteiger partial charge in [-0.15, -0.1) is 0 Å². The Morgan fingerprint density at radius 1 is 1.15 bits per heavy atom. The third-order valence-corrected chi connectivity index (χ3v) is 4.54. The molecule has 2 aromatic carbocycles. The summed E-state index contributed by atoms with van der Waals surface area (Å²) in [7, 11) is 3.15. The summed E-state index contributed by atoms with van der Waals surface area (Å²) < 4.78 is 10.5. The number of hydrogen-bond acceptors (Lipinski definition) is 4. The van der Waals surface area contributed by atoms with Gasteiger partial charge in [-0.1, -0.05) is 18.2 Å². The van der Waals surface area contributed by atoms with Crippen molar-refractivity contribution in [2.24, 2.45) is 5.92 Å². The fourth-order valence-corrected chi connectivity index (χ4v) is 3.09. The van der Waals surface area contributed by atoms with E-state index in [0.29, 0.717) is 31.0 Å². The number of para-hydroxylation sites is 1. The number of nitrogens with zero attached hydrogens (tertiary/aromatic N) is 1. The maximum Gasteiger partial charge on any atom is 0.239 e. The molecular weight excluding hydrogens is 332 g/mol. The van der Waals surface area contributed by atoms with Gasteiger partial charge in [0.2, 0.25) is 11.8 Å². The SMILES string of the molecule is COc1ccc(CNC(=O)[C@H]2CCN(c3ccccc3)C2=O)c(OC)c1. The number of carbonyl (C=O) groups excluding carboxylic acids is 2. The summed E-state index contributed by atoms with van der Waals surface area (Å²) in [5.41, 5.74) is 1.65. The lowest BCUT2D eigenvalue weighted by molar-refractivity contribution is -0.132. The summed E-state index contributed by atoms with van der Waals surface area (Å²) >= 11 is 0. The Hall–Kier alpha value is -3.02. The quantitative estimate of drug-likeness (QED) is 0.809. The number of nitrogens with one attached hydrogen (secondary N) is 1. The first-order valence-electron chi connectivity index (χ1n) is 8.49. The van der Waals surface area contributed by atoms with Crippen LogP contribution in [0, 0.1) is 5.92 Å². The molecule has 1 aliphatic rings. The van der Waals surface area contributed by atoms with E-state index in [9.17, 15) is 9.59 Å². The van der Waals surface area contributed by atoms with Crippen LogP contribution in [0.25, 0.3) is 0 Å². The number of anilines is 1. The summed E-state index contributed by atoms with van der Waals surface area (Å²) in [6, 6.07) is 14.8. The van der Waals surface area contributed by atoms with Crippen LogP contribution >= 0.6 is 0 Å². The highest BCUT2D eigenvalue weighted by Crippen LogP contribution is 2.26. The zero-order valence-corrected chi connectivity index (χ0v) is 14.9. The van der Waals surface area contributed by atoms with Crippen molar-refractivity contribution < 1.29 is 19.1 Å². The van der Waals surface area contributed by atoms with Gasteiger partial charge in [-0.05, 0) is 30.7 Å². The second-order valence-corrected chi connectivity index (χ2v) is 6.06. The molecule has 3 rings (SSSR count). The first kappa shape index (κ1) is 17.8. The monoisotopic (exact) mass is 354 g/mol. The van der Waals surface area contributed by atoms with Gasteiger partial charge in [0.1, 0.15) is 17.4 Å². The molecule has 0 aromatic heterocycles. The maximum absolute atomic E-state index is 12.6. The number of methoxy groups -OCH3 is 2. The number of benzene rings is 2. The van der Waals surface area contributed by atoms with E-state index in [0.717, 1.165) is 11.3 Å². The lowest BCUT2D eigenvalue weighted by Crippen LogP contribution is -2.36. The molecule has 6 heteroatoms. The Kier molecular flexibility index (Phi) is 5.41. The Labute approximate surface area is 152 Å². The van der Waals surface area contributed by atoms with Crippen molar-refractivity contribution in [2.45, 2.75) is 13.0 Å². The van der Waals surface area contributed by atoms with Crippen molar-refractivity contribution >= 4 is 17.5 Å². The average Bonchev–Trinajstić information content (AvgIpc) is 3.08. The van der Waals surface area contributed by atoms with Crippen LogP contribution in [-0.4, -0.2) is 32.6 Å². The predicted octanol–water partition coefficient (Wildman–Crippen LogP) is 2.37. The summed E-state index contributed by atoms with van der Waals surface area (Å²) in [5.74, 6) is 0.246. The molecule has 0 saturated carbocycles.